The Morgan fingerprint density at radius 3 is 2.24 bits per heavy atom. The highest BCUT2D eigenvalue weighted by Gasteiger charge is 2.34. The number of nitrogens with one attached hydrogen (secondary N) is 2. The van der Waals surface area contributed by atoms with Gasteiger partial charge in [-0.2, -0.15) is 0 Å². The fourth-order valence-electron chi connectivity index (χ4n) is 5.01. The molecule has 180 valence electrons. The van der Waals surface area contributed by atoms with Gasteiger partial charge in [-0.15, -0.1) is 0 Å². The van der Waals surface area contributed by atoms with Crippen molar-refractivity contribution in [3.63, 3.8) is 0 Å². The normalized spacial score (nSPS) is 20.0. The van der Waals surface area contributed by atoms with Gasteiger partial charge in [-0.25, -0.2) is 4.79 Å². The van der Waals surface area contributed by atoms with Crippen molar-refractivity contribution in [2.75, 3.05) is 20.3 Å². The molecule has 2 aromatic rings. The van der Waals surface area contributed by atoms with Crippen molar-refractivity contribution < 1.29 is 29.0 Å². The summed E-state index contributed by atoms with van der Waals surface area (Å²) in [5, 5.41) is 14.8. The maximum atomic E-state index is 12.8. The van der Waals surface area contributed by atoms with Crippen LogP contribution in [0.1, 0.15) is 42.7 Å². The van der Waals surface area contributed by atoms with E-state index in [-0.39, 0.29) is 19.1 Å². The average Bonchev–Trinajstić information content (AvgIpc) is 3.16. The van der Waals surface area contributed by atoms with Gasteiger partial charge < -0.3 is 25.2 Å². The summed E-state index contributed by atoms with van der Waals surface area (Å²) in [6.07, 6.45) is 2.06. The van der Waals surface area contributed by atoms with Gasteiger partial charge in [0.15, 0.2) is 0 Å². The van der Waals surface area contributed by atoms with E-state index in [9.17, 15) is 19.5 Å². The minimum atomic E-state index is -0.989. The van der Waals surface area contributed by atoms with E-state index in [1.807, 2.05) is 36.4 Å². The Hall–Kier alpha value is -3.39. The third kappa shape index (κ3) is 5.07. The number of benzene rings is 2. The first-order valence-corrected chi connectivity index (χ1v) is 11.6. The molecule has 0 bridgehead atoms. The molecule has 2 aliphatic rings. The number of carbonyl (C=O) groups is 3. The predicted molar refractivity (Wildman–Crippen MR) is 125 cm³/mol. The van der Waals surface area contributed by atoms with Crippen LogP contribution in [0.3, 0.4) is 0 Å². The van der Waals surface area contributed by atoms with Crippen LogP contribution >= 0.6 is 0 Å². The lowest BCUT2D eigenvalue weighted by atomic mass is 9.84. The molecule has 1 saturated carbocycles. The van der Waals surface area contributed by atoms with Crippen molar-refractivity contribution in [2.45, 2.75) is 43.7 Å². The summed E-state index contributed by atoms with van der Waals surface area (Å²) in [6, 6.07) is 14.6. The smallest absolute Gasteiger partial charge is 0.407 e. The molecule has 3 unspecified atom stereocenters. The number of fused-ring (bicyclic) bond motifs is 3. The third-order valence-corrected chi connectivity index (χ3v) is 6.70. The Bertz CT molecular complexity index is 1010. The molecule has 2 amide bonds. The van der Waals surface area contributed by atoms with Crippen molar-refractivity contribution >= 4 is 18.0 Å². The Kier molecular flexibility index (Phi) is 7.47. The lowest BCUT2D eigenvalue weighted by Crippen LogP contribution is -2.54. The Morgan fingerprint density at radius 2 is 1.62 bits per heavy atom. The number of hydrogen-bond donors (Lipinski definition) is 3. The zero-order valence-electron chi connectivity index (χ0n) is 19.2. The summed E-state index contributed by atoms with van der Waals surface area (Å²) in [5.74, 6) is -2.12. The topological polar surface area (TPSA) is 114 Å². The number of hydrogen-bond acceptors (Lipinski definition) is 5. The van der Waals surface area contributed by atoms with E-state index in [2.05, 4.69) is 22.8 Å². The first-order chi connectivity index (χ1) is 16.5. The van der Waals surface area contributed by atoms with Crippen LogP contribution < -0.4 is 10.6 Å². The lowest BCUT2D eigenvalue weighted by molar-refractivity contribution is -0.144. The second-order valence-electron chi connectivity index (χ2n) is 8.82. The SMILES string of the molecule is COCC(NC(=O)OCC1c2ccccc2-c2ccccc21)C(=O)NC1CCCCC1C(=O)O. The molecule has 4 rings (SSSR count). The lowest BCUT2D eigenvalue weighted by Gasteiger charge is -2.30. The van der Waals surface area contributed by atoms with Gasteiger partial charge in [0, 0.05) is 19.1 Å². The number of carboxylic acids is 1. The van der Waals surface area contributed by atoms with Crippen LogP contribution in [0, 0.1) is 5.92 Å². The highest BCUT2D eigenvalue weighted by Crippen LogP contribution is 2.44. The quantitative estimate of drug-likeness (QED) is 0.550. The summed E-state index contributed by atoms with van der Waals surface area (Å²) < 4.78 is 10.6. The largest absolute Gasteiger partial charge is 0.481 e. The summed E-state index contributed by atoms with van der Waals surface area (Å²) in [7, 11) is 1.43. The van der Waals surface area contributed by atoms with E-state index in [0.29, 0.717) is 12.8 Å². The van der Waals surface area contributed by atoms with Gasteiger partial charge in [-0.05, 0) is 35.1 Å². The summed E-state index contributed by atoms with van der Waals surface area (Å²) in [6.45, 7) is 0.0748. The molecule has 8 nitrogen and oxygen atoms in total. The van der Waals surface area contributed by atoms with Gasteiger partial charge in [-0.3, -0.25) is 9.59 Å². The van der Waals surface area contributed by atoms with Crippen molar-refractivity contribution in [3.05, 3.63) is 59.7 Å². The second kappa shape index (κ2) is 10.7. The maximum Gasteiger partial charge on any atom is 0.407 e. The number of carbonyl (C=O) groups excluding carboxylic acids is 2. The summed E-state index contributed by atoms with van der Waals surface area (Å²) in [5.41, 5.74) is 4.45. The van der Waals surface area contributed by atoms with E-state index < -0.39 is 36.0 Å². The molecule has 0 spiro atoms. The molecule has 2 aromatic carbocycles. The molecule has 3 atom stereocenters. The number of ether oxygens (including phenoxy) is 2. The van der Waals surface area contributed by atoms with Crippen molar-refractivity contribution in [1.29, 1.82) is 0 Å². The molecule has 34 heavy (non-hydrogen) atoms. The van der Waals surface area contributed by atoms with Crippen molar-refractivity contribution in [2.24, 2.45) is 5.92 Å². The van der Waals surface area contributed by atoms with E-state index in [1.54, 1.807) is 0 Å². The van der Waals surface area contributed by atoms with Crippen LogP contribution in [-0.4, -0.2) is 55.5 Å². The first kappa shape index (κ1) is 23.8. The number of methoxy groups -OCH3 is 1. The number of rotatable bonds is 8. The van der Waals surface area contributed by atoms with Crippen LogP contribution in [0.15, 0.2) is 48.5 Å². The number of alkyl carbamates (subject to hydrolysis) is 1. The van der Waals surface area contributed by atoms with E-state index >= 15 is 0 Å². The monoisotopic (exact) mass is 466 g/mol. The van der Waals surface area contributed by atoms with Crippen LogP contribution in [-0.2, 0) is 19.1 Å². The van der Waals surface area contributed by atoms with E-state index in [4.69, 9.17) is 9.47 Å². The predicted octanol–water partition coefficient (Wildman–Crippen LogP) is 3.30. The minimum Gasteiger partial charge on any atom is -0.481 e. The van der Waals surface area contributed by atoms with Gasteiger partial charge in [0.2, 0.25) is 5.91 Å². The van der Waals surface area contributed by atoms with Crippen LogP contribution in [0.2, 0.25) is 0 Å². The van der Waals surface area contributed by atoms with Crippen LogP contribution in [0.4, 0.5) is 4.79 Å². The van der Waals surface area contributed by atoms with Crippen molar-refractivity contribution in [1.82, 2.24) is 10.6 Å². The Balaban J connectivity index is 1.38. The van der Waals surface area contributed by atoms with Gasteiger partial charge in [0.25, 0.3) is 0 Å². The Morgan fingerprint density at radius 1 is 1.00 bits per heavy atom. The van der Waals surface area contributed by atoms with E-state index in [0.717, 1.165) is 35.1 Å². The van der Waals surface area contributed by atoms with Gasteiger partial charge >= 0.3 is 12.1 Å². The third-order valence-electron chi connectivity index (χ3n) is 6.70. The molecule has 8 heteroatoms. The van der Waals surface area contributed by atoms with Gasteiger partial charge in [0.05, 0.1) is 12.5 Å². The molecular formula is C26H30N2O6. The first-order valence-electron chi connectivity index (χ1n) is 11.6. The highest BCUT2D eigenvalue weighted by molar-refractivity contribution is 5.86. The second-order valence-corrected chi connectivity index (χ2v) is 8.82. The van der Waals surface area contributed by atoms with Crippen molar-refractivity contribution in [3.8, 4) is 11.1 Å². The molecule has 0 heterocycles. The molecule has 0 radical (unpaired) electrons. The van der Waals surface area contributed by atoms with Crippen LogP contribution in [0.25, 0.3) is 11.1 Å². The summed E-state index contributed by atoms with van der Waals surface area (Å²) >= 11 is 0. The molecule has 0 aliphatic heterocycles. The van der Waals surface area contributed by atoms with E-state index in [1.165, 1.54) is 7.11 Å². The number of amides is 2. The van der Waals surface area contributed by atoms with Gasteiger partial charge in [-0.1, -0.05) is 61.4 Å². The standard InChI is InChI=1S/C26H30N2O6/c1-33-15-23(24(29)27-22-13-7-6-12-20(22)25(30)31)28-26(32)34-14-21-18-10-4-2-8-16(18)17-9-3-5-11-19(17)21/h2-5,8-11,20-23H,6-7,12-15H2,1H3,(H,27,29)(H,28,32)(H,30,31). The fraction of sp³-hybridized carbons (Fsp3) is 0.423. The zero-order chi connectivity index (χ0) is 24.1. The highest BCUT2D eigenvalue weighted by atomic mass is 16.5. The molecule has 0 aromatic heterocycles. The molecule has 1 fully saturated rings. The van der Waals surface area contributed by atoms with Gasteiger partial charge in [0.1, 0.15) is 12.6 Å². The minimum absolute atomic E-state index is 0.0551. The fourth-order valence-corrected chi connectivity index (χ4v) is 5.01. The molecular weight excluding hydrogens is 436 g/mol. The average molecular weight is 467 g/mol. The number of aliphatic carboxylic acids is 1. The molecule has 2 aliphatic carbocycles. The zero-order valence-corrected chi connectivity index (χ0v) is 19.2. The number of carboxylic acid groups (broad SMARTS) is 1. The summed E-state index contributed by atoms with van der Waals surface area (Å²) in [4.78, 5) is 37.0. The maximum absolute atomic E-state index is 12.8. The Labute approximate surface area is 198 Å². The molecule has 3 N–H and O–H groups in total. The van der Waals surface area contributed by atoms with Crippen LogP contribution in [0.5, 0.6) is 0 Å². The molecule has 0 saturated heterocycles.